The van der Waals surface area contributed by atoms with Crippen molar-refractivity contribution < 1.29 is 9.32 Å². The lowest BCUT2D eigenvalue weighted by Crippen LogP contribution is -2.48. The SMILES string of the molecule is CCCCc1nc(CN2CCC[C@@H]2[C@@H]2CCCN2C(=O)CC)no1. The number of unbranched alkanes of at least 4 members (excludes halogenated alkanes) is 1. The highest BCUT2D eigenvalue weighted by Crippen LogP contribution is 2.31. The number of hydrogen-bond donors (Lipinski definition) is 0. The molecule has 0 unspecified atom stereocenters. The third kappa shape index (κ3) is 3.79. The number of aryl methyl sites for hydroxylation is 1. The first-order valence-electron chi connectivity index (χ1n) is 9.58. The van der Waals surface area contributed by atoms with Crippen molar-refractivity contribution in [3.63, 3.8) is 0 Å². The summed E-state index contributed by atoms with van der Waals surface area (Å²) < 4.78 is 5.36. The second-order valence-electron chi connectivity index (χ2n) is 7.04. The second-order valence-corrected chi connectivity index (χ2v) is 7.04. The maximum atomic E-state index is 12.2. The van der Waals surface area contributed by atoms with Crippen molar-refractivity contribution in [3.8, 4) is 0 Å². The van der Waals surface area contributed by atoms with Crippen LogP contribution in [-0.2, 0) is 17.8 Å². The van der Waals surface area contributed by atoms with E-state index in [-0.39, 0.29) is 0 Å². The molecule has 2 saturated heterocycles. The molecule has 0 saturated carbocycles. The van der Waals surface area contributed by atoms with E-state index in [1.165, 1.54) is 12.8 Å². The standard InChI is InChI=1S/C18H30N4O2/c1-3-5-10-17-19-16(20-24-17)13-21-11-6-8-14(21)15-9-7-12-22(15)18(23)4-2/h14-15H,3-13H2,1-2H3/t14-,15+/m1/s1. The van der Waals surface area contributed by atoms with Gasteiger partial charge in [0.1, 0.15) is 0 Å². The van der Waals surface area contributed by atoms with E-state index in [2.05, 4.69) is 26.9 Å². The highest BCUT2D eigenvalue weighted by atomic mass is 16.5. The molecule has 0 radical (unpaired) electrons. The molecular weight excluding hydrogens is 304 g/mol. The summed E-state index contributed by atoms with van der Waals surface area (Å²) in [7, 11) is 0. The summed E-state index contributed by atoms with van der Waals surface area (Å²) in [5.74, 6) is 1.84. The molecule has 2 aliphatic heterocycles. The molecule has 6 nitrogen and oxygen atoms in total. The van der Waals surface area contributed by atoms with Crippen LogP contribution in [0, 0.1) is 0 Å². The van der Waals surface area contributed by atoms with E-state index in [1.54, 1.807) is 0 Å². The summed E-state index contributed by atoms with van der Waals surface area (Å²) in [6.07, 6.45) is 8.31. The molecule has 2 fully saturated rings. The molecule has 3 heterocycles. The van der Waals surface area contributed by atoms with Gasteiger partial charge in [-0.1, -0.05) is 25.4 Å². The molecule has 0 spiro atoms. The van der Waals surface area contributed by atoms with Crippen molar-refractivity contribution >= 4 is 5.91 Å². The van der Waals surface area contributed by atoms with Crippen molar-refractivity contribution in [1.82, 2.24) is 19.9 Å². The van der Waals surface area contributed by atoms with Crippen molar-refractivity contribution in [2.45, 2.75) is 83.8 Å². The van der Waals surface area contributed by atoms with Crippen LogP contribution in [0.2, 0.25) is 0 Å². The Kier molecular flexibility index (Phi) is 5.87. The lowest BCUT2D eigenvalue weighted by molar-refractivity contribution is -0.132. The summed E-state index contributed by atoms with van der Waals surface area (Å²) in [6, 6.07) is 0.812. The molecule has 24 heavy (non-hydrogen) atoms. The van der Waals surface area contributed by atoms with Crippen LogP contribution < -0.4 is 0 Å². The van der Waals surface area contributed by atoms with Crippen LogP contribution in [-0.4, -0.2) is 51.0 Å². The van der Waals surface area contributed by atoms with Gasteiger partial charge in [0.2, 0.25) is 11.8 Å². The van der Waals surface area contributed by atoms with Gasteiger partial charge in [-0.25, -0.2) is 0 Å². The second kappa shape index (κ2) is 8.10. The molecule has 1 aromatic rings. The maximum Gasteiger partial charge on any atom is 0.226 e. The molecule has 134 valence electrons. The van der Waals surface area contributed by atoms with E-state index >= 15 is 0 Å². The zero-order chi connectivity index (χ0) is 16.9. The molecular formula is C18H30N4O2. The van der Waals surface area contributed by atoms with Crippen LogP contribution in [0.1, 0.15) is 70.5 Å². The predicted molar refractivity (Wildman–Crippen MR) is 91.4 cm³/mol. The molecule has 0 bridgehead atoms. The quantitative estimate of drug-likeness (QED) is 0.767. The highest BCUT2D eigenvalue weighted by Gasteiger charge is 2.39. The van der Waals surface area contributed by atoms with Crippen LogP contribution in [0.5, 0.6) is 0 Å². The highest BCUT2D eigenvalue weighted by molar-refractivity contribution is 5.76. The molecule has 3 rings (SSSR count). The minimum absolute atomic E-state index is 0.297. The molecule has 1 amide bonds. The van der Waals surface area contributed by atoms with Gasteiger partial charge in [0, 0.05) is 31.5 Å². The molecule has 0 N–H and O–H groups in total. The fraction of sp³-hybridized carbons (Fsp3) is 0.833. The third-order valence-electron chi connectivity index (χ3n) is 5.38. The Morgan fingerprint density at radius 1 is 1.21 bits per heavy atom. The Bertz CT molecular complexity index is 545. The van der Waals surface area contributed by atoms with Gasteiger partial charge in [-0.15, -0.1) is 0 Å². The van der Waals surface area contributed by atoms with Crippen LogP contribution in [0.3, 0.4) is 0 Å². The maximum absolute atomic E-state index is 12.2. The van der Waals surface area contributed by atoms with Crippen molar-refractivity contribution in [1.29, 1.82) is 0 Å². The van der Waals surface area contributed by atoms with Crippen LogP contribution in [0.25, 0.3) is 0 Å². The Morgan fingerprint density at radius 2 is 2.00 bits per heavy atom. The molecule has 0 aliphatic carbocycles. The van der Waals surface area contributed by atoms with Crippen molar-refractivity contribution in [3.05, 3.63) is 11.7 Å². The Hall–Kier alpha value is -1.43. The third-order valence-corrected chi connectivity index (χ3v) is 5.38. The van der Waals surface area contributed by atoms with Crippen LogP contribution >= 0.6 is 0 Å². The van der Waals surface area contributed by atoms with E-state index in [4.69, 9.17) is 4.52 Å². The largest absolute Gasteiger partial charge is 0.339 e. The van der Waals surface area contributed by atoms with Gasteiger partial charge in [-0.3, -0.25) is 9.69 Å². The molecule has 2 aliphatic rings. The summed E-state index contributed by atoms with van der Waals surface area (Å²) >= 11 is 0. The number of hydrogen-bond acceptors (Lipinski definition) is 5. The average molecular weight is 334 g/mol. The fourth-order valence-corrected chi connectivity index (χ4v) is 4.15. The number of carbonyl (C=O) groups excluding carboxylic acids is 1. The van der Waals surface area contributed by atoms with Gasteiger partial charge in [0.25, 0.3) is 0 Å². The van der Waals surface area contributed by atoms with E-state index < -0.39 is 0 Å². The van der Waals surface area contributed by atoms with Crippen molar-refractivity contribution in [2.24, 2.45) is 0 Å². The topological polar surface area (TPSA) is 62.5 Å². The first-order chi connectivity index (χ1) is 11.7. The number of amides is 1. The number of rotatable bonds is 7. The monoisotopic (exact) mass is 334 g/mol. The number of aromatic nitrogens is 2. The van der Waals surface area contributed by atoms with Gasteiger partial charge < -0.3 is 9.42 Å². The minimum atomic E-state index is 0.297. The summed E-state index contributed by atoms with van der Waals surface area (Å²) in [5.41, 5.74) is 0. The van der Waals surface area contributed by atoms with Gasteiger partial charge in [0.05, 0.1) is 6.54 Å². The van der Waals surface area contributed by atoms with Gasteiger partial charge in [0.15, 0.2) is 5.82 Å². The van der Waals surface area contributed by atoms with Gasteiger partial charge >= 0.3 is 0 Å². The Balaban J connectivity index is 1.63. The number of carbonyl (C=O) groups is 1. The molecule has 2 atom stereocenters. The van der Waals surface area contributed by atoms with Crippen LogP contribution in [0.15, 0.2) is 4.52 Å². The van der Waals surface area contributed by atoms with E-state index in [0.717, 1.165) is 63.5 Å². The van der Waals surface area contributed by atoms with E-state index in [0.29, 0.717) is 24.4 Å². The van der Waals surface area contributed by atoms with E-state index in [1.807, 2.05) is 6.92 Å². The van der Waals surface area contributed by atoms with Gasteiger partial charge in [-0.05, 0) is 38.6 Å². The molecule has 0 aromatic carbocycles. The number of likely N-dealkylation sites (tertiary alicyclic amines) is 2. The average Bonchev–Trinajstić information content (AvgIpc) is 3.32. The smallest absolute Gasteiger partial charge is 0.226 e. The first kappa shape index (κ1) is 17.4. The zero-order valence-corrected chi connectivity index (χ0v) is 15.0. The summed E-state index contributed by atoms with van der Waals surface area (Å²) in [4.78, 5) is 21.3. The number of nitrogens with zero attached hydrogens (tertiary/aromatic N) is 4. The zero-order valence-electron chi connectivity index (χ0n) is 15.0. The molecule has 1 aromatic heterocycles. The summed E-state index contributed by atoms with van der Waals surface area (Å²) in [6.45, 7) is 6.85. The first-order valence-corrected chi connectivity index (χ1v) is 9.58. The van der Waals surface area contributed by atoms with Crippen LogP contribution in [0.4, 0.5) is 0 Å². The lowest BCUT2D eigenvalue weighted by atomic mass is 10.0. The lowest BCUT2D eigenvalue weighted by Gasteiger charge is -2.34. The molecule has 6 heteroatoms. The van der Waals surface area contributed by atoms with E-state index in [9.17, 15) is 4.79 Å². The summed E-state index contributed by atoms with van der Waals surface area (Å²) in [5, 5.41) is 4.16. The Labute approximate surface area is 144 Å². The van der Waals surface area contributed by atoms with Crippen molar-refractivity contribution in [2.75, 3.05) is 13.1 Å². The normalized spacial score (nSPS) is 24.8. The van der Waals surface area contributed by atoms with Gasteiger partial charge in [-0.2, -0.15) is 4.98 Å². The fourth-order valence-electron chi connectivity index (χ4n) is 4.15. The minimum Gasteiger partial charge on any atom is -0.339 e. The predicted octanol–water partition coefficient (Wildman–Crippen LogP) is 2.78. The Morgan fingerprint density at radius 3 is 2.79 bits per heavy atom.